The highest BCUT2D eigenvalue weighted by Crippen LogP contribution is 2.34. The summed E-state index contributed by atoms with van der Waals surface area (Å²) >= 11 is 0. The van der Waals surface area contributed by atoms with Crippen molar-refractivity contribution in [2.75, 3.05) is 48.0 Å². The molecule has 0 saturated carbocycles. The fraction of sp³-hybridized carbons (Fsp3) is 0.233. The monoisotopic (exact) mass is 566 g/mol. The van der Waals surface area contributed by atoms with E-state index in [1.807, 2.05) is 19.1 Å². The predicted molar refractivity (Wildman–Crippen MR) is 156 cm³/mol. The first-order valence-corrected chi connectivity index (χ1v) is 12.1. The molecule has 0 amide bonds. The maximum atomic E-state index is 12.7. The lowest BCUT2D eigenvalue weighted by atomic mass is 10.1. The van der Waals surface area contributed by atoms with Crippen molar-refractivity contribution in [2.24, 2.45) is 0 Å². The van der Waals surface area contributed by atoms with Gasteiger partial charge in [0.25, 0.3) is 0 Å². The number of hydrogen-bond donors (Lipinski definition) is 1. The minimum Gasteiger partial charge on any atom is -0.493 e. The van der Waals surface area contributed by atoms with Crippen LogP contribution in [0.1, 0.15) is 22.8 Å². The molecule has 0 spiro atoms. The van der Waals surface area contributed by atoms with Gasteiger partial charge in [0, 0.05) is 41.2 Å². The Kier molecular flexibility index (Phi) is 12.0. The predicted octanol–water partition coefficient (Wildman–Crippen LogP) is 6.05. The Morgan fingerprint density at radius 1 is 0.902 bits per heavy atom. The number of nitrogens with one attached hydrogen (secondary N) is 1. The molecule has 0 fully saturated rings. The third kappa shape index (κ3) is 8.40. The standard InChI is InChI=1S/C30H34N2O9/c1-19(15-29(40-7)30(41-8)20(2)36-3)9-10-21-17-27(38-5)28(39-6)18-23(21)31-14-13-25(33)22-11-12-26(37-4)24(16-22)32(34)35/h9-18,31H,2H2,1,3-8H3/b10-9-,14-13-,19-15+,30-29-. The van der Waals surface area contributed by atoms with E-state index < -0.39 is 10.7 Å². The molecule has 0 aliphatic heterocycles. The molecule has 2 aromatic carbocycles. The number of allylic oxidation sites excluding steroid dienone is 4. The minimum atomic E-state index is -0.606. The lowest BCUT2D eigenvalue weighted by Gasteiger charge is -2.13. The lowest BCUT2D eigenvalue weighted by Crippen LogP contribution is -2.01. The zero-order valence-corrected chi connectivity index (χ0v) is 24.1. The number of hydrogen-bond acceptors (Lipinski definition) is 10. The van der Waals surface area contributed by atoms with Crippen LogP contribution in [0.4, 0.5) is 11.4 Å². The first-order valence-electron chi connectivity index (χ1n) is 12.1. The normalized spacial score (nSPS) is 12.0. The van der Waals surface area contributed by atoms with E-state index >= 15 is 0 Å². The van der Waals surface area contributed by atoms with Gasteiger partial charge in [-0.2, -0.15) is 0 Å². The smallest absolute Gasteiger partial charge is 0.311 e. The Balaban J connectivity index is 2.41. The highest BCUT2D eigenvalue weighted by molar-refractivity contribution is 6.05. The summed E-state index contributed by atoms with van der Waals surface area (Å²) < 4.78 is 31.9. The third-order valence-electron chi connectivity index (χ3n) is 5.72. The molecule has 218 valence electrons. The Bertz CT molecular complexity index is 1400. The molecular formula is C30H34N2O9. The second kappa shape index (κ2) is 15.4. The summed E-state index contributed by atoms with van der Waals surface area (Å²) in [5, 5.41) is 14.4. The molecule has 0 atom stereocenters. The van der Waals surface area contributed by atoms with Gasteiger partial charge >= 0.3 is 5.69 Å². The van der Waals surface area contributed by atoms with Crippen LogP contribution in [0, 0.1) is 10.1 Å². The second-order valence-electron chi connectivity index (χ2n) is 8.23. The van der Waals surface area contributed by atoms with Crippen LogP contribution in [0.15, 0.2) is 84.2 Å². The van der Waals surface area contributed by atoms with Crippen LogP contribution in [0.25, 0.3) is 6.08 Å². The number of ether oxygens (including phenoxy) is 6. The van der Waals surface area contributed by atoms with Crippen molar-refractivity contribution < 1.29 is 38.1 Å². The van der Waals surface area contributed by atoms with E-state index in [0.29, 0.717) is 40.0 Å². The number of nitro groups is 1. The molecule has 0 aromatic heterocycles. The van der Waals surface area contributed by atoms with Crippen LogP contribution >= 0.6 is 0 Å². The van der Waals surface area contributed by atoms with Gasteiger partial charge in [0.15, 0.2) is 34.6 Å². The molecule has 1 N–H and O–H groups in total. The van der Waals surface area contributed by atoms with Gasteiger partial charge in [0.1, 0.15) is 0 Å². The van der Waals surface area contributed by atoms with Gasteiger partial charge < -0.3 is 33.7 Å². The third-order valence-corrected chi connectivity index (χ3v) is 5.72. The number of carbonyl (C=O) groups is 1. The van der Waals surface area contributed by atoms with Crippen LogP contribution in [0.2, 0.25) is 0 Å². The van der Waals surface area contributed by atoms with Crippen molar-refractivity contribution in [3.63, 3.8) is 0 Å². The average molecular weight is 567 g/mol. The van der Waals surface area contributed by atoms with Crippen molar-refractivity contribution >= 4 is 23.2 Å². The van der Waals surface area contributed by atoms with E-state index in [1.54, 1.807) is 18.2 Å². The maximum absolute atomic E-state index is 12.7. The van der Waals surface area contributed by atoms with Crippen molar-refractivity contribution in [3.8, 4) is 17.2 Å². The van der Waals surface area contributed by atoms with Gasteiger partial charge in [-0.3, -0.25) is 14.9 Å². The molecule has 0 saturated heterocycles. The number of methoxy groups -OCH3 is 6. The van der Waals surface area contributed by atoms with Crippen LogP contribution in [-0.2, 0) is 14.2 Å². The Hall–Kier alpha value is -5.19. The highest BCUT2D eigenvalue weighted by atomic mass is 16.6. The van der Waals surface area contributed by atoms with Gasteiger partial charge in [0.05, 0.1) is 47.6 Å². The summed E-state index contributed by atoms with van der Waals surface area (Å²) in [6.45, 7) is 5.68. The van der Waals surface area contributed by atoms with Crippen molar-refractivity contribution in [1.29, 1.82) is 0 Å². The number of benzene rings is 2. The van der Waals surface area contributed by atoms with E-state index in [1.165, 1.54) is 73.1 Å². The van der Waals surface area contributed by atoms with E-state index in [9.17, 15) is 14.9 Å². The number of nitrogens with zero attached hydrogens (tertiary/aromatic N) is 1. The van der Waals surface area contributed by atoms with Gasteiger partial charge in [-0.15, -0.1) is 0 Å². The first kappa shape index (κ1) is 32.0. The quantitative estimate of drug-likeness (QED) is 0.0679. The van der Waals surface area contributed by atoms with Crippen LogP contribution in [0.3, 0.4) is 0 Å². The molecule has 2 aromatic rings. The SMILES string of the molecule is C=C(OC)\C(OC)=C(/C=C(C)/C=C\c1cc(OC)c(OC)cc1N/C=C\C(=O)c1ccc(OC)c([N+](=O)[O-])c1)OC. The van der Waals surface area contributed by atoms with Crippen LogP contribution in [-0.4, -0.2) is 53.4 Å². The molecule has 0 radical (unpaired) electrons. The van der Waals surface area contributed by atoms with E-state index in [2.05, 4.69) is 11.9 Å². The Labute approximate surface area is 239 Å². The van der Waals surface area contributed by atoms with E-state index in [0.717, 1.165) is 5.57 Å². The maximum Gasteiger partial charge on any atom is 0.311 e. The van der Waals surface area contributed by atoms with E-state index in [4.69, 9.17) is 28.4 Å². The van der Waals surface area contributed by atoms with Crippen LogP contribution < -0.4 is 19.5 Å². The summed E-state index contributed by atoms with van der Waals surface area (Å²) in [5.74, 6) is 1.69. The summed E-state index contributed by atoms with van der Waals surface area (Å²) in [6, 6.07) is 7.50. The van der Waals surface area contributed by atoms with Gasteiger partial charge in [0.2, 0.25) is 5.76 Å². The number of rotatable bonds is 15. The molecular weight excluding hydrogens is 532 g/mol. The number of nitro benzene ring substituents is 1. The van der Waals surface area contributed by atoms with Crippen molar-refractivity contribution in [2.45, 2.75) is 6.92 Å². The summed E-state index contributed by atoms with van der Waals surface area (Å²) in [5.41, 5.74) is 1.96. The number of anilines is 1. The van der Waals surface area contributed by atoms with Crippen molar-refractivity contribution in [1.82, 2.24) is 0 Å². The summed E-state index contributed by atoms with van der Waals surface area (Å²) in [6.07, 6.45) is 8.15. The Morgan fingerprint density at radius 3 is 2.12 bits per heavy atom. The van der Waals surface area contributed by atoms with Crippen molar-refractivity contribution in [3.05, 3.63) is 105 Å². The zero-order chi connectivity index (χ0) is 30.5. The largest absolute Gasteiger partial charge is 0.493 e. The fourth-order valence-electron chi connectivity index (χ4n) is 3.58. The summed E-state index contributed by atoms with van der Waals surface area (Å²) in [7, 11) is 8.86. The average Bonchev–Trinajstić information content (AvgIpc) is 2.98. The van der Waals surface area contributed by atoms with Gasteiger partial charge in [-0.25, -0.2) is 0 Å². The number of ketones is 1. The van der Waals surface area contributed by atoms with Gasteiger partial charge in [-0.1, -0.05) is 18.7 Å². The first-order chi connectivity index (χ1) is 19.6. The molecule has 0 heterocycles. The molecule has 41 heavy (non-hydrogen) atoms. The summed E-state index contributed by atoms with van der Waals surface area (Å²) in [4.78, 5) is 23.4. The number of carbonyl (C=O) groups excluding carboxylic acids is 1. The molecule has 0 unspecified atom stereocenters. The molecule has 0 aliphatic rings. The highest BCUT2D eigenvalue weighted by Gasteiger charge is 2.17. The molecule has 2 rings (SSSR count). The zero-order valence-electron chi connectivity index (χ0n) is 24.1. The minimum absolute atomic E-state index is 0.0648. The molecule has 0 aliphatic carbocycles. The fourth-order valence-corrected chi connectivity index (χ4v) is 3.58. The second-order valence-corrected chi connectivity index (χ2v) is 8.23. The molecule has 11 heteroatoms. The van der Waals surface area contributed by atoms with E-state index in [-0.39, 0.29) is 17.0 Å². The van der Waals surface area contributed by atoms with Crippen LogP contribution in [0.5, 0.6) is 17.2 Å². The molecule has 0 bridgehead atoms. The lowest BCUT2D eigenvalue weighted by molar-refractivity contribution is -0.385. The molecule has 11 nitrogen and oxygen atoms in total. The topological polar surface area (TPSA) is 128 Å². The Morgan fingerprint density at radius 2 is 1.56 bits per heavy atom. The van der Waals surface area contributed by atoms with Gasteiger partial charge in [-0.05, 0) is 36.8 Å².